The lowest BCUT2D eigenvalue weighted by Crippen LogP contribution is -2.39. The van der Waals surface area contributed by atoms with Gasteiger partial charge in [-0.3, -0.25) is 9.69 Å². The summed E-state index contributed by atoms with van der Waals surface area (Å²) in [5.74, 6) is 3.14. The first kappa shape index (κ1) is 22.7. The number of carbonyl (C=O) groups excluding carboxylic acids is 1. The Morgan fingerprint density at radius 2 is 1.68 bits per heavy atom. The van der Waals surface area contributed by atoms with E-state index in [0.717, 1.165) is 41.4 Å². The number of nitrogens with one attached hydrogen (secondary N) is 1. The molecule has 0 unspecified atom stereocenters. The first-order valence-electron chi connectivity index (χ1n) is 10.7. The van der Waals surface area contributed by atoms with Crippen LogP contribution in [0.4, 0.5) is 0 Å². The number of ether oxygens (including phenoxy) is 4. The van der Waals surface area contributed by atoms with Crippen LogP contribution in [0.15, 0.2) is 42.5 Å². The van der Waals surface area contributed by atoms with Gasteiger partial charge in [-0.05, 0) is 62.2 Å². The van der Waals surface area contributed by atoms with Crippen molar-refractivity contribution in [2.24, 2.45) is 0 Å². The van der Waals surface area contributed by atoms with E-state index in [9.17, 15) is 4.79 Å². The Hall–Kier alpha value is -2.93. The molecule has 1 aliphatic rings. The summed E-state index contributed by atoms with van der Waals surface area (Å²) in [4.78, 5) is 14.7. The van der Waals surface area contributed by atoms with E-state index in [4.69, 9.17) is 18.9 Å². The quantitative estimate of drug-likeness (QED) is 0.494. The Labute approximate surface area is 184 Å². The summed E-state index contributed by atoms with van der Waals surface area (Å²) < 4.78 is 21.9. The number of nitrogens with zero attached hydrogens (tertiary/aromatic N) is 1. The van der Waals surface area contributed by atoms with Gasteiger partial charge in [0.2, 0.25) is 5.91 Å². The lowest BCUT2D eigenvalue weighted by atomic mass is 10.1. The summed E-state index contributed by atoms with van der Waals surface area (Å²) in [5.41, 5.74) is 1.01. The lowest BCUT2D eigenvalue weighted by Gasteiger charge is -2.23. The zero-order valence-electron chi connectivity index (χ0n) is 18.6. The summed E-state index contributed by atoms with van der Waals surface area (Å²) in [6.07, 6.45) is 2.22. The first-order valence-corrected chi connectivity index (χ1v) is 10.7. The largest absolute Gasteiger partial charge is 0.497 e. The van der Waals surface area contributed by atoms with Crippen LogP contribution >= 0.6 is 0 Å². The second kappa shape index (κ2) is 11.5. The number of methoxy groups -OCH3 is 2. The predicted octanol–water partition coefficient (Wildman–Crippen LogP) is 3.26. The van der Waals surface area contributed by atoms with E-state index < -0.39 is 0 Å². The molecule has 0 bridgehead atoms. The molecule has 0 heterocycles. The number of hydrogen-bond donors (Lipinski definition) is 1. The van der Waals surface area contributed by atoms with Crippen LogP contribution in [0.25, 0.3) is 0 Å². The van der Waals surface area contributed by atoms with E-state index in [0.29, 0.717) is 38.9 Å². The minimum atomic E-state index is -0.0101. The zero-order valence-corrected chi connectivity index (χ0v) is 18.6. The smallest absolute Gasteiger partial charge is 0.234 e. The lowest BCUT2D eigenvalue weighted by molar-refractivity contribution is -0.122. The fourth-order valence-corrected chi connectivity index (χ4v) is 3.38. The van der Waals surface area contributed by atoms with Gasteiger partial charge in [0.1, 0.15) is 29.6 Å². The molecular formula is C24H32N2O5. The van der Waals surface area contributed by atoms with E-state index >= 15 is 0 Å². The van der Waals surface area contributed by atoms with Crippen LogP contribution in [0.3, 0.4) is 0 Å². The minimum absolute atomic E-state index is 0.0101. The molecule has 7 nitrogen and oxygen atoms in total. The molecule has 2 aromatic rings. The van der Waals surface area contributed by atoms with Gasteiger partial charge in [-0.2, -0.15) is 0 Å². The Morgan fingerprint density at radius 3 is 2.29 bits per heavy atom. The third-order valence-corrected chi connectivity index (χ3v) is 5.10. The maximum Gasteiger partial charge on any atom is 0.234 e. The Bertz CT molecular complexity index is 836. The summed E-state index contributed by atoms with van der Waals surface area (Å²) >= 11 is 0. The summed E-state index contributed by atoms with van der Waals surface area (Å²) in [6.45, 7) is 4.43. The van der Waals surface area contributed by atoms with Gasteiger partial charge in [-0.25, -0.2) is 0 Å². The summed E-state index contributed by atoms with van der Waals surface area (Å²) in [5, 5.41) is 2.95. The van der Waals surface area contributed by atoms with Gasteiger partial charge in [-0.15, -0.1) is 0 Å². The molecule has 2 aromatic carbocycles. The fraction of sp³-hybridized carbons (Fsp3) is 0.458. The van der Waals surface area contributed by atoms with E-state index in [-0.39, 0.29) is 5.91 Å². The van der Waals surface area contributed by atoms with E-state index in [2.05, 4.69) is 10.2 Å². The fourth-order valence-electron chi connectivity index (χ4n) is 3.38. The van der Waals surface area contributed by atoms with Crippen LogP contribution in [0.5, 0.6) is 23.0 Å². The van der Waals surface area contributed by atoms with Crippen molar-refractivity contribution in [2.75, 3.05) is 40.5 Å². The van der Waals surface area contributed by atoms with E-state index in [1.807, 2.05) is 49.4 Å². The third kappa shape index (κ3) is 7.07. The molecule has 1 aliphatic carbocycles. The number of benzene rings is 2. The highest BCUT2D eigenvalue weighted by Gasteiger charge is 2.31. The summed E-state index contributed by atoms with van der Waals surface area (Å²) in [7, 11) is 3.30. The van der Waals surface area contributed by atoms with Crippen molar-refractivity contribution in [3.05, 3.63) is 48.0 Å². The maximum absolute atomic E-state index is 12.5. The van der Waals surface area contributed by atoms with Crippen LogP contribution in [-0.4, -0.2) is 57.4 Å². The molecule has 0 saturated heterocycles. The minimum Gasteiger partial charge on any atom is -0.497 e. The molecule has 0 spiro atoms. The van der Waals surface area contributed by atoms with Crippen LogP contribution in [0, 0.1) is 0 Å². The molecule has 0 radical (unpaired) electrons. The number of hydrogen-bond acceptors (Lipinski definition) is 6. The van der Waals surface area contributed by atoms with Crippen LogP contribution in [0.1, 0.15) is 25.3 Å². The third-order valence-electron chi connectivity index (χ3n) is 5.10. The van der Waals surface area contributed by atoms with Gasteiger partial charge < -0.3 is 24.3 Å². The normalized spacial score (nSPS) is 13.0. The van der Waals surface area contributed by atoms with Crippen molar-refractivity contribution in [3.63, 3.8) is 0 Å². The molecule has 31 heavy (non-hydrogen) atoms. The van der Waals surface area contributed by atoms with Crippen molar-refractivity contribution >= 4 is 5.91 Å². The molecule has 0 aromatic heterocycles. The van der Waals surface area contributed by atoms with Crippen molar-refractivity contribution in [1.29, 1.82) is 0 Å². The average Bonchev–Trinajstić information content (AvgIpc) is 3.63. The van der Waals surface area contributed by atoms with Crippen molar-refractivity contribution in [2.45, 2.75) is 32.4 Å². The molecule has 0 aliphatic heterocycles. The molecule has 7 heteroatoms. The Balaban J connectivity index is 1.46. The van der Waals surface area contributed by atoms with Gasteiger partial charge >= 0.3 is 0 Å². The highest BCUT2D eigenvalue weighted by Crippen LogP contribution is 2.31. The zero-order chi connectivity index (χ0) is 22.1. The van der Waals surface area contributed by atoms with Gasteiger partial charge in [-0.1, -0.05) is 0 Å². The van der Waals surface area contributed by atoms with Crippen molar-refractivity contribution in [1.82, 2.24) is 10.2 Å². The molecular weight excluding hydrogens is 396 g/mol. The van der Waals surface area contributed by atoms with Crippen LogP contribution < -0.4 is 24.3 Å². The van der Waals surface area contributed by atoms with Crippen LogP contribution in [0.2, 0.25) is 0 Å². The number of rotatable bonds is 13. The summed E-state index contributed by atoms with van der Waals surface area (Å²) in [6, 6.07) is 13.7. The van der Waals surface area contributed by atoms with Gasteiger partial charge in [0, 0.05) is 18.2 Å². The van der Waals surface area contributed by atoms with E-state index in [1.54, 1.807) is 14.2 Å². The van der Waals surface area contributed by atoms with Gasteiger partial charge in [0.25, 0.3) is 0 Å². The molecule has 168 valence electrons. The molecule has 0 atom stereocenters. The Kier molecular flexibility index (Phi) is 8.41. The van der Waals surface area contributed by atoms with Gasteiger partial charge in [0.15, 0.2) is 0 Å². The van der Waals surface area contributed by atoms with Crippen LogP contribution in [-0.2, 0) is 11.3 Å². The number of amides is 1. The van der Waals surface area contributed by atoms with Crippen molar-refractivity contribution < 1.29 is 23.7 Å². The molecule has 1 fully saturated rings. The van der Waals surface area contributed by atoms with Crippen molar-refractivity contribution in [3.8, 4) is 23.0 Å². The highest BCUT2D eigenvalue weighted by molar-refractivity contribution is 5.78. The Morgan fingerprint density at radius 1 is 1.00 bits per heavy atom. The average molecular weight is 429 g/mol. The second-order valence-electron chi connectivity index (χ2n) is 7.42. The molecule has 1 N–H and O–H groups in total. The first-order chi connectivity index (χ1) is 15.1. The topological polar surface area (TPSA) is 69.3 Å². The maximum atomic E-state index is 12.5. The standard InChI is InChI=1S/C24H32N2O5/c1-4-30-20-7-9-21(10-8-20)31-14-13-25-24(27)17-26(19-5-6-19)16-18-15-22(28-2)11-12-23(18)29-3/h7-12,15,19H,4-6,13-14,16-17H2,1-3H3,(H,25,27). The monoisotopic (exact) mass is 428 g/mol. The van der Waals surface area contributed by atoms with E-state index in [1.165, 1.54) is 0 Å². The second-order valence-corrected chi connectivity index (χ2v) is 7.42. The predicted molar refractivity (Wildman–Crippen MR) is 119 cm³/mol. The number of carbonyl (C=O) groups is 1. The molecule has 3 rings (SSSR count). The molecule has 1 saturated carbocycles. The SMILES string of the molecule is CCOc1ccc(OCCNC(=O)CN(Cc2cc(OC)ccc2OC)C2CC2)cc1. The van der Waals surface area contributed by atoms with Gasteiger partial charge in [0.05, 0.1) is 33.9 Å². The highest BCUT2D eigenvalue weighted by atomic mass is 16.5. The molecule has 1 amide bonds.